The molecule has 3 rings (SSSR count). The molecule has 1 amide bonds. The molecule has 3 nitrogen and oxygen atoms in total. The highest BCUT2D eigenvalue weighted by atomic mass is 79.9. The molecule has 0 heterocycles. The number of hydrogen-bond acceptors (Lipinski definition) is 2. The third-order valence-corrected chi connectivity index (χ3v) is 6.49. The SMILES string of the molecule is CN(CCc1ccccc1)C1CCCC1N(C(=O)CCBr)c1cccc(Br)c1. The highest BCUT2D eigenvalue weighted by Gasteiger charge is 2.37. The number of alkyl halides is 1. The van der Waals surface area contributed by atoms with Gasteiger partial charge in [0.2, 0.25) is 5.91 Å². The maximum Gasteiger partial charge on any atom is 0.228 e. The van der Waals surface area contributed by atoms with Gasteiger partial charge in [-0.1, -0.05) is 68.3 Å². The van der Waals surface area contributed by atoms with Crippen molar-refractivity contribution in [3.8, 4) is 0 Å². The van der Waals surface area contributed by atoms with E-state index in [0.717, 1.165) is 42.4 Å². The van der Waals surface area contributed by atoms with Crippen LogP contribution in [0.15, 0.2) is 59.1 Å². The largest absolute Gasteiger partial charge is 0.308 e. The van der Waals surface area contributed by atoms with E-state index in [-0.39, 0.29) is 11.9 Å². The first-order chi connectivity index (χ1) is 13.6. The van der Waals surface area contributed by atoms with Crippen molar-refractivity contribution in [2.75, 3.05) is 23.8 Å². The third kappa shape index (κ3) is 5.46. The summed E-state index contributed by atoms with van der Waals surface area (Å²) >= 11 is 7.01. The minimum atomic E-state index is 0.198. The Morgan fingerprint density at radius 3 is 2.54 bits per heavy atom. The van der Waals surface area contributed by atoms with Gasteiger partial charge in [-0.05, 0) is 56.5 Å². The second kappa shape index (κ2) is 10.6. The van der Waals surface area contributed by atoms with Crippen LogP contribution >= 0.6 is 31.9 Å². The van der Waals surface area contributed by atoms with Crippen LogP contribution < -0.4 is 4.90 Å². The van der Waals surface area contributed by atoms with E-state index < -0.39 is 0 Å². The van der Waals surface area contributed by atoms with E-state index in [1.807, 2.05) is 12.1 Å². The minimum Gasteiger partial charge on any atom is -0.308 e. The molecule has 5 heteroatoms. The first-order valence-electron chi connectivity index (χ1n) is 9.98. The fraction of sp³-hybridized carbons (Fsp3) is 0.435. The van der Waals surface area contributed by atoms with Crippen molar-refractivity contribution in [3.05, 3.63) is 64.6 Å². The summed E-state index contributed by atoms with van der Waals surface area (Å²) in [6, 6.07) is 19.4. The zero-order valence-corrected chi connectivity index (χ0v) is 19.5. The fourth-order valence-corrected chi connectivity index (χ4v) is 4.93. The second-order valence-electron chi connectivity index (χ2n) is 7.46. The van der Waals surface area contributed by atoms with Gasteiger partial charge in [0.1, 0.15) is 0 Å². The lowest BCUT2D eigenvalue weighted by atomic mass is 10.1. The average molecular weight is 508 g/mol. The van der Waals surface area contributed by atoms with E-state index in [0.29, 0.717) is 17.8 Å². The molecule has 0 saturated heterocycles. The molecule has 1 aliphatic rings. The average Bonchev–Trinajstić information content (AvgIpc) is 3.17. The zero-order valence-electron chi connectivity index (χ0n) is 16.4. The lowest BCUT2D eigenvalue weighted by Crippen LogP contribution is -2.50. The van der Waals surface area contributed by atoms with Crippen LogP contribution in [0.2, 0.25) is 0 Å². The Hall–Kier alpha value is -1.17. The van der Waals surface area contributed by atoms with E-state index in [2.05, 4.69) is 91.2 Å². The molecular formula is C23H28Br2N2O. The number of amides is 1. The molecule has 0 spiro atoms. The molecule has 0 radical (unpaired) electrons. The Morgan fingerprint density at radius 2 is 1.82 bits per heavy atom. The van der Waals surface area contributed by atoms with Crippen molar-refractivity contribution < 1.29 is 4.79 Å². The summed E-state index contributed by atoms with van der Waals surface area (Å²) in [4.78, 5) is 17.6. The number of carbonyl (C=O) groups is 1. The summed E-state index contributed by atoms with van der Waals surface area (Å²) < 4.78 is 1.01. The van der Waals surface area contributed by atoms with E-state index in [9.17, 15) is 4.79 Å². The first kappa shape index (κ1) is 21.5. The maximum atomic E-state index is 13.1. The predicted octanol–water partition coefficient (Wildman–Crippen LogP) is 5.66. The van der Waals surface area contributed by atoms with E-state index in [1.165, 1.54) is 5.56 Å². The highest BCUT2D eigenvalue weighted by Crippen LogP contribution is 2.33. The van der Waals surface area contributed by atoms with Crippen molar-refractivity contribution in [2.24, 2.45) is 0 Å². The fourth-order valence-electron chi connectivity index (χ4n) is 4.20. The van der Waals surface area contributed by atoms with Gasteiger partial charge >= 0.3 is 0 Å². The summed E-state index contributed by atoms with van der Waals surface area (Å²) in [5.41, 5.74) is 2.36. The summed E-state index contributed by atoms with van der Waals surface area (Å²) in [5, 5.41) is 0.692. The lowest BCUT2D eigenvalue weighted by molar-refractivity contribution is -0.118. The molecular weight excluding hydrogens is 480 g/mol. The van der Waals surface area contributed by atoms with Crippen molar-refractivity contribution in [1.29, 1.82) is 0 Å². The molecule has 2 aromatic rings. The summed E-state index contributed by atoms with van der Waals surface area (Å²) in [6.07, 6.45) is 4.91. The van der Waals surface area contributed by atoms with Gasteiger partial charge in [-0.2, -0.15) is 0 Å². The quantitative estimate of drug-likeness (QED) is 0.430. The van der Waals surface area contributed by atoms with Crippen LogP contribution in [0, 0.1) is 0 Å². The lowest BCUT2D eigenvalue weighted by Gasteiger charge is -2.37. The third-order valence-electron chi connectivity index (χ3n) is 5.60. The van der Waals surface area contributed by atoms with Gasteiger partial charge in [-0.3, -0.25) is 4.79 Å². The number of carbonyl (C=O) groups excluding carboxylic acids is 1. The molecule has 0 N–H and O–H groups in total. The molecule has 1 fully saturated rings. The first-order valence-corrected chi connectivity index (χ1v) is 11.9. The topological polar surface area (TPSA) is 23.6 Å². The Balaban J connectivity index is 1.77. The summed E-state index contributed by atoms with van der Waals surface area (Å²) in [5.74, 6) is 0.198. The van der Waals surface area contributed by atoms with E-state index >= 15 is 0 Å². The second-order valence-corrected chi connectivity index (χ2v) is 9.17. The number of hydrogen-bond donors (Lipinski definition) is 0. The van der Waals surface area contributed by atoms with Gasteiger partial charge in [0.05, 0.1) is 6.04 Å². The molecule has 2 unspecified atom stereocenters. The monoisotopic (exact) mass is 506 g/mol. The molecule has 0 aliphatic heterocycles. The van der Waals surface area contributed by atoms with Gasteiger partial charge in [-0.15, -0.1) is 0 Å². The number of anilines is 1. The van der Waals surface area contributed by atoms with Crippen LogP contribution in [-0.4, -0.2) is 41.8 Å². The van der Waals surface area contributed by atoms with Crippen LogP contribution in [0.3, 0.4) is 0 Å². The molecule has 1 saturated carbocycles. The number of likely N-dealkylation sites (N-methyl/N-ethyl adjacent to an activating group) is 1. The van der Waals surface area contributed by atoms with Gasteiger partial charge in [0.25, 0.3) is 0 Å². The van der Waals surface area contributed by atoms with E-state index in [4.69, 9.17) is 0 Å². The van der Waals surface area contributed by atoms with Gasteiger partial charge in [-0.25, -0.2) is 0 Å². The van der Waals surface area contributed by atoms with Crippen molar-refractivity contribution in [1.82, 2.24) is 4.90 Å². The van der Waals surface area contributed by atoms with E-state index in [1.54, 1.807) is 0 Å². The normalized spacial score (nSPS) is 19.1. The molecule has 2 atom stereocenters. The molecule has 0 aromatic heterocycles. The van der Waals surface area contributed by atoms with Crippen LogP contribution in [0.1, 0.15) is 31.2 Å². The Kier molecular flexibility index (Phi) is 8.12. The number of nitrogens with zero attached hydrogens (tertiary/aromatic N) is 2. The minimum absolute atomic E-state index is 0.198. The summed E-state index contributed by atoms with van der Waals surface area (Å²) in [6.45, 7) is 1.00. The number of halogens is 2. The Bertz CT molecular complexity index is 768. The maximum absolute atomic E-state index is 13.1. The molecule has 2 aromatic carbocycles. The smallest absolute Gasteiger partial charge is 0.228 e. The highest BCUT2D eigenvalue weighted by molar-refractivity contribution is 9.10. The zero-order chi connectivity index (χ0) is 19.9. The Labute approximate surface area is 185 Å². The van der Waals surface area contributed by atoms with Crippen molar-refractivity contribution in [2.45, 2.75) is 44.2 Å². The standard InChI is InChI=1S/C23H28Br2N2O/c1-26(16-14-18-7-3-2-4-8-18)21-11-6-12-22(21)27(23(28)13-15-24)20-10-5-9-19(25)17-20/h2-5,7-10,17,21-22H,6,11-16H2,1H3. The van der Waals surface area contributed by atoms with Crippen molar-refractivity contribution in [3.63, 3.8) is 0 Å². The van der Waals surface area contributed by atoms with Crippen LogP contribution in [0.25, 0.3) is 0 Å². The van der Waals surface area contributed by atoms with Gasteiger partial charge in [0, 0.05) is 34.5 Å². The number of rotatable bonds is 8. The van der Waals surface area contributed by atoms with Gasteiger partial charge in [0.15, 0.2) is 0 Å². The molecule has 0 bridgehead atoms. The van der Waals surface area contributed by atoms with Crippen LogP contribution in [0.5, 0.6) is 0 Å². The number of benzene rings is 2. The van der Waals surface area contributed by atoms with Crippen molar-refractivity contribution >= 4 is 43.5 Å². The molecule has 150 valence electrons. The molecule has 1 aliphatic carbocycles. The van der Waals surface area contributed by atoms with Crippen LogP contribution in [0.4, 0.5) is 5.69 Å². The summed E-state index contributed by atoms with van der Waals surface area (Å²) in [7, 11) is 2.21. The van der Waals surface area contributed by atoms with Gasteiger partial charge < -0.3 is 9.80 Å². The Morgan fingerprint density at radius 1 is 1.07 bits per heavy atom. The van der Waals surface area contributed by atoms with Crippen LogP contribution in [-0.2, 0) is 11.2 Å². The molecule has 28 heavy (non-hydrogen) atoms. The predicted molar refractivity (Wildman–Crippen MR) is 124 cm³/mol.